The number of nitrogens with one attached hydrogen (secondary N) is 1. The predicted octanol–water partition coefficient (Wildman–Crippen LogP) is 3.26. The number of fused-ring (bicyclic) bond motifs is 1. The molecule has 0 amide bonds. The number of carbonyl (C=O) groups is 1. The monoisotopic (exact) mass is 312 g/mol. The van der Waals surface area contributed by atoms with Crippen LogP contribution in [0.1, 0.15) is 35.2 Å². The summed E-state index contributed by atoms with van der Waals surface area (Å²) in [5.41, 5.74) is 3.33. The summed E-state index contributed by atoms with van der Waals surface area (Å²) < 4.78 is 0. The SMILES string of the molecule is CCCSc1nc(Cc2ccccc2)c2[nH]c(C=O)nc2n1. The summed E-state index contributed by atoms with van der Waals surface area (Å²) in [6, 6.07) is 10.1. The van der Waals surface area contributed by atoms with Crippen LogP contribution in [-0.2, 0) is 6.42 Å². The van der Waals surface area contributed by atoms with E-state index < -0.39 is 0 Å². The molecule has 0 aliphatic carbocycles. The second-order valence-corrected chi connectivity index (χ2v) is 5.96. The maximum Gasteiger partial charge on any atom is 0.189 e. The Morgan fingerprint density at radius 2 is 2.00 bits per heavy atom. The lowest BCUT2D eigenvalue weighted by molar-refractivity contribution is 0.111. The highest BCUT2D eigenvalue weighted by molar-refractivity contribution is 7.99. The van der Waals surface area contributed by atoms with Crippen LogP contribution in [0.2, 0.25) is 0 Å². The molecule has 0 saturated carbocycles. The van der Waals surface area contributed by atoms with Crippen molar-refractivity contribution in [2.45, 2.75) is 24.9 Å². The molecule has 3 aromatic rings. The molecule has 0 fully saturated rings. The molecular formula is C16H16N4OS. The van der Waals surface area contributed by atoms with Crippen molar-refractivity contribution in [3.63, 3.8) is 0 Å². The number of aromatic amines is 1. The van der Waals surface area contributed by atoms with Crippen LogP contribution >= 0.6 is 11.8 Å². The largest absolute Gasteiger partial charge is 0.333 e. The van der Waals surface area contributed by atoms with Gasteiger partial charge in [0.05, 0.1) is 5.69 Å². The van der Waals surface area contributed by atoms with E-state index in [-0.39, 0.29) is 5.82 Å². The molecule has 1 N–H and O–H groups in total. The fourth-order valence-electron chi connectivity index (χ4n) is 2.18. The molecule has 0 radical (unpaired) electrons. The highest BCUT2D eigenvalue weighted by atomic mass is 32.2. The minimum absolute atomic E-state index is 0.288. The Labute approximate surface area is 132 Å². The van der Waals surface area contributed by atoms with Crippen molar-refractivity contribution in [3.8, 4) is 0 Å². The van der Waals surface area contributed by atoms with E-state index in [2.05, 4.69) is 39.0 Å². The number of imidazole rings is 1. The Kier molecular flexibility index (Phi) is 4.48. The number of rotatable bonds is 6. The topological polar surface area (TPSA) is 71.5 Å². The van der Waals surface area contributed by atoms with E-state index in [0.717, 1.165) is 28.9 Å². The average molecular weight is 312 g/mol. The molecule has 3 rings (SSSR count). The standard InChI is InChI=1S/C16H16N4OS/c1-2-8-22-16-17-12(9-11-6-4-3-5-7-11)14-15(20-16)19-13(10-21)18-14/h3-7,10H,2,8-9H2,1H3,(H,17,18,19,20). The minimum Gasteiger partial charge on any atom is -0.333 e. The van der Waals surface area contributed by atoms with Crippen molar-refractivity contribution in [3.05, 3.63) is 47.4 Å². The van der Waals surface area contributed by atoms with Crippen LogP contribution in [0.15, 0.2) is 35.5 Å². The molecule has 22 heavy (non-hydrogen) atoms. The summed E-state index contributed by atoms with van der Waals surface area (Å²) in [6.07, 6.45) is 2.44. The van der Waals surface area contributed by atoms with E-state index in [1.54, 1.807) is 11.8 Å². The molecule has 0 bridgehead atoms. The van der Waals surface area contributed by atoms with Gasteiger partial charge < -0.3 is 4.98 Å². The van der Waals surface area contributed by atoms with Gasteiger partial charge in [0, 0.05) is 12.2 Å². The van der Waals surface area contributed by atoms with Gasteiger partial charge in [-0.05, 0) is 12.0 Å². The number of carbonyl (C=O) groups excluding carboxylic acids is 1. The van der Waals surface area contributed by atoms with Gasteiger partial charge in [-0.2, -0.15) is 0 Å². The summed E-state index contributed by atoms with van der Waals surface area (Å²) >= 11 is 1.61. The molecule has 0 aliphatic rings. The molecule has 5 nitrogen and oxygen atoms in total. The molecule has 2 aromatic heterocycles. The smallest absolute Gasteiger partial charge is 0.189 e. The van der Waals surface area contributed by atoms with Crippen LogP contribution in [0.4, 0.5) is 0 Å². The number of aromatic nitrogens is 4. The van der Waals surface area contributed by atoms with E-state index in [9.17, 15) is 4.79 Å². The van der Waals surface area contributed by atoms with Crippen LogP contribution in [0, 0.1) is 0 Å². The number of H-pyrrole nitrogens is 1. The van der Waals surface area contributed by atoms with E-state index in [1.807, 2.05) is 18.2 Å². The zero-order valence-corrected chi connectivity index (χ0v) is 13.1. The van der Waals surface area contributed by atoms with Gasteiger partial charge in [0.1, 0.15) is 5.52 Å². The first-order valence-corrected chi connectivity index (χ1v) is 8.17. The Morgan fingerprint density at radius 3 is 2.73 bits per heavy atom. The Hall–Kier alpha value is -2.21. The zero-order chi connectivity index (χ0) is 15.4. The second kappa shape index (κ2) is 6.70. The van der Waals surface area contributed by atoms with Gasteiger partial charge in [0.2, 0.25) is 0 Å². The molecule has 0 spiro atoms. The van der Waals surface area contributed by atoms with Crippen molar-refractivity contribution in [2.24, 2.45) is 0 Å². The Balaban J connectivity index is 2.04. The van der Waals surface area contributed by atoms with Crippen molar-refractivity contribution in [1.29, 1.82) is 0 Å². The maximum atomic E-state index is 11.0. The fourth-order valence-corrected chi connectivity index (χ4v) is 2.89. The van der Waals surface area contributed by atoms with Crippen molar-refractivity contribution >= 4 is 29.2 Å². The molecular weight excluding hydrogens is 296 g/mol. The summed E-state index contributed by atoms with van der Waals surface area (Å²) in [6.45, 7) is 2.12. The molecule has 112 valence electrons. The van der Waals surface area contributed by atoms with Gasteiger partial charge in [0.25, 0.3) is 0 Å². The van der Waals surface area contributed by atoms with Crippen molar-refractivity contribution in [2.75, 3.05) is 5.75 Å². The molecule has 6 heteroatoms. The van der Waals surface area contributed by atoms with Gasteiger partial charge in [-0.3, -0.25) is 4.79 Å². The third-order valence-corrected chi connectivity index (χ3v) is 4.24. The highest BCUT2D eigenvalue weighted by Crippen LogP contribution is 2.22. The summed E-state index contributed by atoms with van der Waals surface area (Å²) in [7, 11) is 0. The molecule has 0 saturated heterocycles. The van der Waals surface area contributed by atoms with Crippen LogP contribution in [0.25, 0.3) is 11.2 Å². The first kappa shape index (κ1) is 14.7. The third kappa shape index (κ3) is 3.17. The van der Waals surface area contributed by atoms with Gasteiger partial charge in [-0.1, -0.05) is 49.0 Å². The predicted molar refractivity (Wildman–Crippen MR) is 87.3 cm³/mol. The summed E-state index contributed by atoms with van der Waals surface area (Å²) in [5.74, 6) is 1.25. The zero-order valence-electron chi connectivity index (χ0n) is 12.2. The molecule has 0 atom stereocenters. The van der Waals surface area contributed by atoms with E-state index in [1.165, 1.54) is 0 Å². The van der Waals surface area contributed by atoms with Crippen LogP contribution in [0.3, 0.4) is 0 Å². The van der Waals surface area contributed by atoms with Crippen LogP contribution < -0.4 is 0 Å². The van der Waals surface area contributed by atoms with Gasteiger partial charge >= 0.3 is 0 Å². The van der Waals surface area contributed by atoms with Crippen LogP contribution in [0.5, 0.6) is 0 Å². The van der Waals surface area contributed by atoms with Crippen molar-refractivity contribution < 1.29 is 4.79 Å². The number of hydrogen-bond donors (Lipinski definition) is 1. The van der Waals surface area contributed by atoms with Gasteiger partial charge in [-0.15, -0.1) is 0 Å². The fraction of sp³-hybridized carbons (Fsp3) is 0.250. The average Bonchev–Trinajstić information content (AvgIpc) is 2.97. The number of thioether (sulfide) groups is 1. The maximum absolute atomic E-state index is 11.0. The lowest BCUT2D eigenvalue weighted by Crippen LogP contribution is -1.99. The Morgan fingerprint density at radius 1 is 1.18 bits per heavy atom. The number of benzene rings is 1. The quantitative estimate of drug-likeness (QED) is 0.430. The van der Waals surface area contributed by atoms with Gasteiger partial charge in [0.15, 0.2) is 22.9 Å². The minimum atomic E-state index is 0.288. The number of hydrogen-bond acceptors (Lipinski definition) is 5. The molecule has 0 aliphatic heterocycles. The summed E-state index contributed by atoms with van der Waals surface area (Å²) in [4.78, 5) is 27.3. The lowest BCUT2D eigenvalue weighted by atomic mass is 10.1. The van der Waals surface area contributed by atoms with E-state index >= 15 is 0 Å². The molecule has 2 heterocycles. The van der Waals surface area contributed by atoms with Gasteiger partial charge in [-0.25, -0.2) is 15.0 Å². The first-order valence-electron chi connectivity index (χ1n) is 7.18. The summed E-state index contributed by atoms with van der Waals surface area (Å²) in [5, 5.41) is 0.712. The second-order valence-electron chi connectivity index (χ2n) is 4.90. The highest BCUT2D eigenvalue weighted by Gasteiger charge is 2.13. The Bertz CT molecular complexity index is 785. The molecule has 0 unspecified atom stereocenters. The first-order chi connectivity index (χ1) is 10.8. The third-order valence-electron chi connectivity index (χ3n) is 3.19. The molecule has 1 aromatic carbocycles. The van der Waals surface area contributed by atoms with Crippen molar-refractivity contribution in [1.82, 2.24) is 19.9 Å². The lowest BCUT2D eigenvalue weighted by Gasteiger charge is -2.05. The number of aldehydes is 1. The number of nitrogens with zero attached hydrogens (tertiary/aromatic N) is 3. The van der Waals surface area contributed by atoms with E-state index in [0.29, 0.717) is 23.5 Å². The normalized spacial score (nSPS) is 11.0. The van der Waals surface area contributed by atoms with E-state index in [4.69, 9.17) is 0 Å². The van der Waals surface area contributed by atoms with Crippen LogP contribution in [-0.4, -0.2) is 32.0 Å².